The molecule has 0 radical (unpaired) electrons. The van der Waals surface area contributed by atoms with Crippen molar-refractivity contribution >= 4 is 17.8 Å². The number of hydrogen-bond donors (Lipinski definition) is 2. The molecule has 0 unspecified atom stereocenters. The fourth-order valence-electron chi connectivity index (χ4n) is 3.10. The second kappa shape index (κ2) is 7.63. The molecule has 1 saturated heterocycles. The highest BCUT2D eigenvalue weighted by Crippen LogP contribution is 2.32. The molecule has 9 heteroatoms. The molecule has 0 aliphatic carbocycles. The van der Waals surface area contributed by atoms with Gasteiger partial charge in [0.2, 0.25) is 12.7 Å². The van der Waals surface area contributed by atoms with E-state index in [0.29, 0.717) is 23.8 Å². The molecular formula is C19H19N3O6. The molecule has 28 heavy (non-hydrogen) atoms. The third kappa shape index (κ3) is 3.78. The summed E-state index contributed by atoms with van der Waals surface area (Å²) in [5.74, 6) is 1.30. The molecule has 2 aliphatic heterocycles. The quantitative estimate of drug-likeness (QED) is 0.700. The molecule has 0 spiro atoms. The Labute approximate surface area is 160 Å². The average Bonchev–Trinajstić information content (AvgIpc) is 3.42. The second-order valence-corrected chi connectivity index (χ2v) is 6.51. The van der Waals surface area contributed by atoms with Gasteiger partial charge < -0.3 is 24.5 Å². The number of benzene rings is 1. The Bertz CT molecular complexity index is 895. The first-order valence-corrected chi connectivity index (χ1v) is 8.89. The standard InChI is InChI=1S/C19H19N3O6/c23-17(20-9-12-3-5-15-16(8-12)28-11-27-15)6-4-14-18(24)22(19(25)21-14)10-13-2-1-7-26-13/h1-3,5,7-8,14H,4,6,9-11H2,(H,20,23)(H,21,25)/t14-/m0/s1. The van der Waals surface area contributed by atoms with Crippen LogP contribution in [-0.4, -0.2) is 35.6 Å². The van der Waals surface area contributed by atoms with Crippen LogP contribution in [0.2, 0.25) is 0 Å². The summed E-state index contributed by atoms with van der Waals surface area (Å²) >= 11 is 0. The van der Waals surface area contributed by atoms with Crippen molar-refractivity contribution in [2.75, 3.05) is 6.79 Å². The summed E-state index contributed by atoms with van der Waals surface area (Å²) in [6.45, 7) is 0.610. The number of nitrogens with one attached hydrogen (secondary N) is 2. The number of hydrogen-bond acceptors (Lipinski definition) is 6. The highest BCUT2D eigenvalue weighted by Gasteiger charge is 2.38. The van der Waals surface area contributed by atoms with E-state index in [1.54, 1.807) is 18.2 Å². The Kier molecular flexibility index (Phi) is 4.88. The predicted octanol–water partition coefficient (Wildman–Crippen LogP) is 1.53. The molecule has 0 bridgehead atoms. The van der Waals surface area contributed by atoms with Crippen LogP contribution in [0, 0.1) is 0 Å². The van der Waals surface area contributed by atoms with Crippen LogP contribution in [0.3, 0.4) is 0 Å². The molecule has 1 aromatic heterocycles. The molecule has 1 fully saturated rings. The van der Waals surface area contributed by atoms with E-state index in [0.717, 1.165) is 10.5 Å². The first kappa shape index (κ1) is 17.9. The van der Waals surface area contributed by atoms with Crippen LogP contribution in [0.4, 0.5) is 4.79 Å². The molecule has 2 aliphatic rings. The monoisotopic (exact) mass is 385 g/mol. The van der Waals surface area contributed by atoms with E-state index in [1.165, 1.54) is 6.26 Å². The lowest BCUT2D eigenvalue weighted by Crippen LogP contribution is -2.32. The molecule has 2 N–H and O–H groups in total. The lowest BCUT2D eigenvalue weighted by atomic mass is 10.1. The third-order valence-electron chi connectivity index (χ3n) is 4.59. The molecular weight excluding hydrogens is 366 g/mol. The minimum Gasteiger partial charge on any atom is -0.467 e. The fourth-order valence-corrected chi connectivity index (χ4v) is 3.10. The summed E-state index contributed by atoms with van der Waals surface area (Å²) in [6.07, 6.45) is 1.83. The lowest BCUT2D eigenvalue weighted by molar-refractivity contribution is -0.128. The number of fused-ring (bicyclic) bond motifs is 1. The first-order chi connectivity index (χ1) is 13.6. The Morgan fingerprint density at radius 2 is 2.07 bits per heavy atom. The molecule has 3 heterocycles. The van der Waals surface area contributed by atoms with Gasteiger partial charge in [0.15, 0.2) is 11.5 Å². The van der Waals surface area contributed by atoms with Crippen molar-refractivity contribution in [1.82, 2.24) is 15.5 Å². The van der Waals surface area contributed by atoms with E-state index in [2.05, 4.69) is 10.6 Å². The lowest BCUT2D eigenvalue weighted by Gasteiger charge is -2.11. The molecule has 4 rings (SSSR count). The van der Waals surface area contributed by atoms with Gasteiger partial charge >= 0.3 is 6.03 Å². The second-order valence-electron chi connectivity index (χ2n) is 6.51. The van der Waals surface area contributed by atoms with Gasteiger partial charge in [-0.2, -0.15) is 0 Å². The first-order valence-electron chi connectivity index (χ1n) is 8.89. The zero-order chi connectivity index (χ0) is 19.5. The van der Waals surface area contributed by atoms with Crippen LogP contribution >= 0.6 is 0 Å². The number of ether oxygens (including phenoxy) is 2. The van der Waals surface area contributed by atoms with E-state index >= 15 is 0 Å². The Balaban J connectivity index is 1.24. The maximum atomic E-state index is 12.4. The summed E-state index contributed by atoms with van der Waals surface area (Å²) in [5, 5.41) is 5.41. The maximum absolute atomic E-state index is 12.4. The van der Waals surface area contributed by atoms with Crippen LogP contribution in [0.5, 0.6) is 11.5 Å². The van der Waals surface area contributed by atoms with Gasteiger partial charge in [0.25, 0.3) is 5.91 Å². The molecule has 9 nitrogen and oxygen atoms in total. The Morgan fingerprint density at radius 1 is 1.21 bits per heavy atom. The largest absolute Gasteiger partial charge is 0.467 e. The smallest absolute Gasteiger partial charge is 0.325 e. The summed E-state index contributed by atoms with van der Waals surface area (Å²) in [7, 11) is 0. The predicted molar refractivity (Wildman–Crippen MR) is 95.2 cm³/mol. The molecule has 4 amide bonds. The molecule has 1 aromatic carbocycles. The van der Waals surface area contributed by atoms with E-state index < -0.39 is 12.1 Å². The number of furan rings is 1. The van der Waals surface area contributed by atoms with Crippen molar-refractivity contribution in [1.29, 1.82) is 0 Å². The zero-order valence-electron chi connectivity index (χ0n) is 15.0. The van der Waals surface area contributed by atoms with Gasteiger partial charge in [-0.25, -0.2) is 4.79 Å². The average molecular weight is 385 g/mol. The van der Waals surface area contributed by atoms with Crippen LogP contribution in [0.25, 0.3) is 0 Å². The normalized spacial score (nSPS) is 17.7. The molecule has 146 valence electrons. The van der Waals surface area contributed by atoms with E-state index in [-0.39, 0.29) is 38.0 Å². The number of imide groups is 1. The number of carbonyl (C=O) groups is 3. The SMILES string of the molecule is O=C(CC[C@@H]1NC(=O)N(Cc2ccco2)C1=O)NCc1ccc2c(c1)OCO2. The van der Waals surface area contributed by atoms with Crippen molar-refractivity contribution in [2.24, 2.45) is 0 Å². The maximum Gasteiger partial charge on any atom is 0.325 e. The van der Waals surface area contributed by atoms with Gasteiger partial charge in [0.05, 0.1) is 12.8 Å². The number of nitrogens with zero attached hydrogens (tertiary/aromatic N) is 1. The Hall–Kier alpha value is -3.49. The van der Waals surface area contributed by atoms with Crippen molar-refractivity contribution in [3.63, 3.8) is 0 Å². The van der Waals surface area contributed by atoms with Gasteiger partial charge in [-0.15, -0.1) is 0 Å². The fraction of sp³-hybridized carbons (Fsp3) is 0.316. The van der Waals surface area contributed by atoms with Crippen LogP contribution in [-0.2, 0) is 22.7 Å². The van der Waals surface area contributed by atoms with Crippen LogP contribution < -0.4 is 20.1 Å². The molecule has 0 saturated carbocycles. The zero-order valence-corrected chi connectivity index (χ0v) is 15.0. The summed E-state index contributed by atoms with van der Waals surface area (Å²) in [6, 6.07) is 7.65. The van der Waals surface area contributed by atoms with Gasteiger partial charge in [0.1, 0.15) is 11.8 Å². The number of rotatable bonds is 7. The topological polar surface area (TPSA) is 110 Å². The van der Waals surface area contributed by atoms with Gasteiger partial charge in [0, 0.05) is 13.0 Å². The highest BCUT2D eigenvalue weighted by molar-refractivity contribution is 6.04. The van der Waals surface area contributed by atoms with E-state index in [9.17, 15) is 14.4 Å². The van der Waals surface area contributed by atoms with Gasteiger partial charge in [-0.05, 0) is 36.2 Å². The number of amides is 4. The summed E-state index contributed by atoms with van der Waals surface area (Å²) in [5.41, 5.74) is 0.882. The highest BCUT2D eigenvalue weighted by atomic mass is 16.7. The minimum atomic E-state index is -0.709. The van der Waals surface area contributed by atoms with E-state index in [4.69, 9.17) is 13.9 Å². The van der Waals surface area contributed by atoms with Crippen molar-refractivity contribution in [3.8, 4) is 11.5 Å². The van der Waals surface area contributed by atoms with Gasteiger partial charge in [-0.1, -0.05) is 6.07 Å². The van der Waals surface area contributed by atoms with Crippen LogP contribution in [0.1, 0.15) is 24.2 Å². The van der Waals surface area contributed by atoms with Crippen LogP contribution in [0.15, 0.2) is 41.0 Å². The number of carbonyl (C=O) groups excluding carboxylic acids is 3. The summed E-state index contributed by atoms with van der Waals surface area (Å²) < 4.78 is 15.7. The minimum absolute atomic E-state index is 0.0739. The Morgan fingerprint density at radius 3 is 2.89 bits per heavy atom. The third-order valence-corrected chi connectivity index (χ3v) is 4.59. The van der Waals surface area contributed by atoms with Crippen molar-refractivity contribution < 1.29 is 28.3 Å². The molecule has 1 atom stereocenters. The van der Waals surface area contributed by atoms with Gasteiger partial charge in [-0.3, -0.25) is 14.5 Å². The van der Waals surface area contributed by atoms with Crippen molar-refractivity contribution in [2.45, 2.75) is 32.0 Å². The van der Waals surface area contributed by atoms with Crippen molar-refractivity contribution in [3.05, 3.63) is 47.9 Å². The number of urea groups is 1. The molecule has 2 aromatic rings. The van der Waals surface area contributed by atoms with E-state index in [1.807, 2.05) is 12.1 Å². The summed E-state index contributed by atoms with van der Waals surface area (Å²) in [4.78, 5) is 37.6.